The maximum absolute atomic E-state index is 12.8. The number of carbonyl (C=O) groups excluding carboxylic acids is 1. The highest BCUT2D eigenvalue weighted by molar-refractivity contribution is 5.94. The number of fused-ring (bicyclic) bond motifs is 2. The molecule has 22 heavy (non-hydrogen) atoms. The predicted octanol–water partition coefficient (Wildman–Crippen LogP) is 1.23. The van der Waals surface area contributed by atoms with E-state index in [1.807, 2.05) is 21.7 Å². The first-order chi connectivity index (χ1) is 10.8. The van der Waals surface area contributed by atoms with Gasteiger partial charge in [0.1, 0.15) is 12.1 Å². The molecule has 6 nitrogen and oxygen atoms in total. The molecule has 2 aromatic rings. The minimum Gasteiger partial charge on any atom is -0.337 e. The van der Waals surface area contributed by atoms with Crippen LogP contribution in [-0.4, -0.2) is 50.5 Å². The second-order valence-electron chi connectivity index (χ2n) is 6.05. The summed E-state index contributed by atoms with van der Waals surface area (Å²) in [5.74, 6) is 0.816. The lowest BCUT2D eigenvalue weighted by Gasteiger charge is -2.24. The maximum atomic E-state index is 12.8. The molecule has 0 radical (unpaired) electrons. The highest BCUT2D eigenvalue weighted by Crippen LogP contribution is 2.21. The summed E-state index contributed by atoms with van der Waals surface area (Å²) >= 11 is 0. The van der Waals surface area contributed by atoms with Gasteiger partial charge in [-0.15, -0.1) is 0 Å². The van der Waals surface area contributed by atoms with E-state index in [0.29, 0.717) is 17.6 Å². The molecular formula is C16H19N5O. The van der Waals surface area contributed by atoms with E-state index >= 15 is 0 Å². The molecule has 2 atom stereocenters. The Bertz CT molecular complexity index is 669. The number of amides is 1. The lowest BCUT2D eigenvalue weighted by molar-refractivity contribution is 0.0748. The molecule has 2 aliphatic heterocycles. The first-order valence-corrected chi connectivity index (χ1v) is 7.79. The lowest BCUT2D eigenvalue weighted by atomic mass is 10.1. The molecule has 0 aromatic carbocycles. The summed E-state index contributed by atoms with van der Waals surface area (Å²) < 4.78 is 1.81. The van der Waals surface area contributed by atoms with Gasteiger partial charge in [0.25, 0.3) is 5.91 Å². The molecule has 1 amide bonds. The summed E-state index contributed by atoms with van der Waals surface area (Å²) in [5.41, 5.74) is 0.691. The van der Waals surface area contributed by atoms with Crippen LogP contribution < -0.4 is 5.32 Å². The van der Waals surface area contributed by atoms with Crippen LogP contribution in [0.15, 0.2) is 37.1 Å². The molecule has 4 rings (SSSR count). The monoisotopic (exact) mass is 297 g/mol. The Morgan fingerprint density at radius 3 is 3.00 bits per heavy atom. The van der Waals surface area contributed by atoms with E-state index in [0.717, 1.165) is 25.3 Å². The second kappa shape index (κ2) is 5.53. The van der Waals surface area contributed by atoms with Crippen molar-refractivity contribution in [3.8, 4) is 5.82 Å². The molecule has 2 fully saturated rings. The Hall–Kier alpha value is -2.21. The zero-order chi connectivity index (χ0) is 14.9. The molecule has 2 aromatic heterocycles. The van der Waals surface area contributed by atoms with Crippen molar-refractivity contribution in [2.24, 2.45) is 0 Å². The molecule has 0 saturated carbocycles. The van der Waals surface area contributed by atoms with Crippen molar-refractivity contribution >= 4 is 5.91 Å². The maximum Gasteiger partial charge on any atom is 0.254 e. The lowest BCUT2D eigenvalue weighted by Crippen LogP contribution is -2.39. The molecule has 2 unspecified atom stereocenters. The van der Waals surface area contributed by atoms with Gasteiger partial charge in [-0.1, -0.05) is 0 Å². The van der Waals surface area contributed by atoms with Crippen LogP contribution in [0.4, 0.5) is 0 Å². The summed E-state index contributed by atoms with van der Waals surface area (Å²) in [7, 11) is 0. The van der Waals surface area contributed by atoms with E-state index < -0.39 is 0 Å². The standard InChI is InChI=1S/C16H19N5O/c22-16(20-7-4-13-1-2-14(10-20)19-13)12-3-5-18-15(9-12)21-8-6-17-11-21/h3,5-6,8-9,11,13-14,19H,1-2,4,7,10H2. The van der Waals surface area contributed by atoms with Crippen molar-refractivity contribution in [3.05, 3.63) is 42.6 Å². The number of hydrogen-bond acceptors (Lipinski definition) is 4. The van der Waals surface area contributed by atoms with Crippen LogP contribution in [0.5, 0.6) is 0 Å². The second-order valence-corrected chi connectivity index (χ2v) is 6.05. The number of imidazole rings is 1. The number of rotatable bonds is 2. The number of pyridine rings is 1. The average molecular weight is 297 g/mol. The normalized spacial score (nSPS) is 24.3. The van der Waals surface area contributed by atoms with Gasteiger partial charge < -0.3 is 10.2 Å². The van der Waals surface area contributed by atoms with E-state index in [1.54, 1.807) is 24.8 Å². The van der Waals surface area contributed by atoms with E-state index in [1.165, 1.54) is 12.8 Å². The molecule has 0 spiro atoms. The summed E-state index contributed by atoms with van der Waals surface area (Å²) in [4.78, 5) is 23.1. The topological polar surface area (TPSA) is 63.1 Å². The Morgan fingerprint density at radius 2 is 2.14 bits per heavy atom. The Balaban J connectivity index is 1.56. The summed E-state index contributed by atoms with van der Waals surface area (Å²) in [6.45, 7) is 1.63. The van der Waals surface area contributed by atoms with Crippen molar-refractivity contribution in [3.63, 3.8) is 0 Å². The van der Waals surface area contributed by atoms with E-state index in [-0.39, 0.29) is 5.91 Å². The summed E-state index contributed by atoms with van der Waals surface area (Å²) in [6, 6.07) is 4.66. The van der Waals surface area contributed by atoms with Gasteiger partial charge in [-0.3, -0.25) is 9.36 Å². The van der Waals surface area contributed by atoms with Crippen molar-refractivity contribution in [1.29, 1.82) is 0 Å². The molecule has 6 heteroatoms. The fourth-order valence-electron chi connectivity index (χ4n) is 3.40. The fraction of sp³-hybridized carbons (Fsp3) is 0.438. The van der Waals surface area contributed by atoms with Crippen molar-refractivity contribution < 1.29 is 4.79 Å². The SMILES string of the molecule is O=C(c1ccnc(-n2ccnc2)c1)N1CCC2CCC(C1)N2. The number of nitrogens with zero attached hydrogens (tertiary/aromatic N) is 4. The molecule has 2 bridgehead atoms. The summed E-state index contributed by atoms with van der Waals surface area (Å²) in [5, 5.41) is 3.60. The third kappa shape index (κ3) is 2.50. The minimum absolute atomic E-state index is 0.0955. The predicted molar refractivity (Wildman–Crippen MR) is 81.8 cm³/mol. The van der Waals surface area contributed by atoms with Crippen molar-refractivity contribution in [2.75, 3.05) is 13.1 Å². The molecule has 2 aliphatic rings. The van der Waals surface area contributed by atoms with Crippen molar-refractivity contribution in [2.45, 2.75) is 31.3 Å². The quantitative estimate of drug-likeness (QED) is 0.906. The number of hydrogen-bond donors (Lipinski definition) is 1. The zero-order valence-electron chi connectivity index (χ0n) is 12.4. The van der Waals surface area contributed by atoms with Crippen LogP contribution in [-0.2, 0) is 0 Å². The molecule has 1 N–H and O–H groups in total. The highest BCUT2D eigenvalue weighted by atomic mass is 16.2. The Kier molecular flexibility index (Phi) is 3.38. The van der Waals surface area contributed by atoms with Crippen LogP contribution >= 0.6 is 0 Å². The number of carbonyl (C=O) groups is 1. The van der Waals surface area contributed by atoms with Crippen LogP contribution in [0.25, 0.3) is 5.82 Å². The van der Waals surface area contributed by atoms with Gasteiger partial charge in [0.15, 0.2) is 0 Å². The first-order valence-electron chi connectivity index (χ1n) is 7.79. The third-order valence-electron chi connectivity index (χ3n) is 4.57. The summed E-state index contributed by atoms with van der Waals surface area (Å²) in [6.07, 6.45) is 10.4. The molecular weight excluding hydrogens is 278 g/mol. The highest BCUT2D eigenvalue weighted by Gasteiger charge is 2.31. The van der Waals surface area contributed by atoms with Gasteiger partial charge >= 0.3 is 0 Å². The van der Waals surface area contributed by atoms with Gasteiger partial charge in [-0.2, -0.15) is 0 Å². The van der Waals surface area contributed by atoms with Gasteiger partial charge in [-0.25, -0.2) is 9.97 Å². The van der Waals surface area contributed by atoms with Gasteiger partial charge in [0.2, 0.25) is 0 Å². The largest absolute Gasteiger partial charge is 0.337 e. The molecule has 0 aliphatic carbocycles. The molecule has 4 heterocycles. The Labute approximate surface area is 129 Å². The number of aromatic nitrogens is 3. The van der Waals surface area contributed by atoms with E-state index in [9.17, 15) is 4.79 Å². The van der Waals surface area contributed by atoms with Crippen LogP contribution in [0.2, 0.25) is 0 Å². The van der Waals surface area contributed by atoms with Crippen LogP contribution in [0, 0.1) is 0 Å². The minimum atomic E-state index is 0.0955. The zero-order valence-corrected chi connectivity index (χ0v) is 12.4. The molecule has 114 valence electrons. The number of nitrogens with one attached hydrogen (secondary N) is 1. The molecule has 2 saturated heterocycles. The van der Waals surface area contributed by atoms with E-state index in [4.69, 9.17) is 0 Å². The van der Waals surface area contributed by atoms with Gasteiger partial charge in [-0.05, 0) is 31.4 Å². The van der Waals surface area contributed by atoms with Gasteiger partial charge in [0.05, 0.1) is 0 Å². The van der Waals surface area contributed by atoms with Crippen LogP contribution in [0.1, 0.15) is 29.6 Å². The fourth-order valence-corrected chi connectivity index (χ4v) is 3.40. The van der Waals surface area contributed by atoms with E-state index in [2.05, 4.69) is 15.3 Å². The van der Waals surface area contributed by atoms with Crippen molar-refractivity contribution in [1.82, 2.24) is 24.8 Å². The first kappa shape index (κ1) is 13.5. The number of likely N-dealkylation sites (tertiary alicyclic amines) is 1. The third-order valence-corrected chi connectivity index (χ3v) is 4.57. The smallest absolute Gasteiger partial charge is 0.254 e. The average Bonchev–Trinajstić information content (AvgIpc) is 3.17. The Morgan fingerprint density at radius 1 is 1.23 bits per heavy atom. The van der Waals surface area contributed by atoms with Gasteiger partial charge in [0, 0.05) is 49.3 Å². The van der Waals surface area contributed by atoms with Crippen LogP contribution in [0.3, 0.4) is 0 Å².